The largest absolute Gasteiger partial charge is 0.350 e. The topological polar surface area (TPSA) is 45.2 Å². The lowest BCUT2D eigenvalue weighted by atomic mass is 10.3. The standard InChI is InChI=1S/C10H17N3OS/c1-13(2)7-4-3-5-11-9(14)10-12-6-8-15-10/h6,8H,3-5,7H2,1-2H3,(H,11,14). The Morgan fingerprint density at radius 1 is 1.53 bits per heavy atom. The Bertz CT molecular complexity index is 285. The molecule has 0 unspecified atom stereocenters. The molecule has 0 fully saturated rings. The molecule has 0 aliphatic rings. The molecule has 0 atom stereocenters. The molecule has 1 rings (SSSR count). The van der Waals surface area contributed by atoms with Crippen molar-refractivity contribution >= 4 is 17.2 Å². The normalized spacial score (nSPS) is 10.6. The second-order valence-electron chi connectivity index (χ2n) is 3.60. The summed E-state index contributed by atoms with van der Waals surface area (Å²) in [6.07, 6.45) is 3.76. The minimum absolute atomic E-state index is 0.0603. The highest BCUT2D eigenvalue weighted by atomic mass is 32.1. The monoisotopic (exact) mass is 227 g/mol. The fraction of sp³-hybridized carbons (Fsp3) is 0.600. The first-order valence-electron chi connectivity index (χ1n) is 5.02. The second kappa shape index (κ2) is 6.53. The second-order valence-corrected chi connectivity index (χ2v) is 4.50. The molecule has 15 heavy (non-hydrogen) atoms. The van der Waals surface area contributed by atoms with Crippen LogP contribution in [0.5, 0.6) is 0 Å². The molecule has 5 heteroatoms. The molecule has 1 aromatic heterocycles. The SMILES string of the molecule is CN(C)CCCCNC(=O)c1nccs1. The van der Waals surface area contributed by atoms with Crippen molar-refractivity contribution in [3.8, 4) is 0 Å². The molecule has 0 bridgehead atoms. The van der Waals surface area contributed by atoms with Crippen LogP contribution in [0.4, 0.5) is 0 Å². The van der Waals surface area contributed by atoms with Crippen LogP contribution in [0.15, 0.2) is 11.6 Å². The van der Waals surface area contributed by atoms with Crippen LogP contribution in [0.2, 0.25) is 0 Å². The van der Waals surface area contributed by atoms with Crippen molar-refractivity contribution in [3.63, 3.8) is 0 Å². The molecular formula is C10H17N3OS. The van der Waals surface area contributed by atoms with E-state index in [2.05, 4.69) is 15.2 Å². The van der Waals surface area contributed by atoms with Crippen molar-refractivity contribution in [1.29, 1.82) is 0 Å². The predicted molar refractivity (Wildman–Crippen MR) is 62.2 cm³/mol. The lowest BCUT2D eigenvalue weighted by Gasteiger charge is -2.08. The molecule has 84 valence electrons. The third kappa shape index (κ3) is 4.90. The fourth-order valence-corrected chi connectivity index (χ4v) is 1.72. The Morgan fingerprint density at radius 3 is 2.93 bits per heavy atom. The van der Waals surface area contributed by atoms with Crippen LogP contribution in [-0.4, -0.2) is 43.0 Å². The third-order valence-corrected chi connectivity index (χ3v) is 2.72. The van der Waals surface area contributed by atoms with Crippen molar-refractivity contribution < 1.29 is 4.79 Å². The highest BCUT2D eigenvalue weighted by molar-refractivity contribution is 7.11. The maximum absolute atomic E-state index is 11.4. The molecule has 1 aromatic rings. The van der Waals surface area contributed by atoms with Crippen LogP contribution in [0.3, 0.4) is 0 Å². The fourth-order valence-electron chi connectivity index (χ4n) is 1.17. The molecule has 0 saturated carbocycles. The summed E-state index contributed by atoms with van der Waals surface area (Å²) in [6.45, 7) is 1.79. The van der Waals surface area contributed by atoms with Gasteiger partial charge >= 0.3 is 0 Å². The number of carbonyl (C=O) groups is 1. The minimum Gasteiger partial charge on any atom is -0.350 e. The molecule has 4 nitrogen and oxygen atoms in total. The summed E-state index contributed by atoms with van der Waals surface area (Å²) in [5.74, 6) is -0.0603. The van der Waals surface area contributed by atoms with Gasteiger partial charge in [-0.15, -0.1) is 11.3 Å². The van der Waals surface area contributed by atoms with E-state index in [9.17, 15) is 4.79 Å². The first-order valence-corrected chi connectivity index (χ1v) is 5.90. The zero-order valence-electron chi connectivity index (χ0n) is 9.19. The van der Waals surface area contributed by atoms with Crippen molar-refractivity contribution in [2.45, 2.75) is 12.8 Å². The molecule has 0 aliphatic carbocycles. The Hall–Kier alpha value is -0.940. The van der Waals surface area contributed by atoms with Crippen LogP contribution in [-0.2, 0) is 0 Å². The van der Waals surface area contributed by atoms with E-state index in [4.69, 9.17) is 0 Å². The molecule has 0 aromatic carbocycles. The van der Waals surface area contributed by atoms with E-state index in [-0.39, 0.29) is 5.91 Å². The van der Waals surface area contributed by atoms with Gasteiger partial charge in [-0.25, -0.2) is 4.98 Å². The van der Waals surface area contributed by atoms with E-state index in [1.807, 2.05) is 14.1 Å². The van der Waals surface area contributed by atoms with Crippen LogP contribution in [0.25, 0.3) is 0 Å². The van der Waals surface area contributed by atoms with Gasteiger partial charge < -0.3 is 10.2 Å². The van der Waals surface area contributed by atoms with Crippen LogP contribution in [0.1, 0.15) is 22.6 Å². The van der Waals surface area contributed by atoms with Gasteiger partial charge in [0.05, 0.1) is 0 Å². The number of nitrogens with one attached hydrogen (secondary N) is 1. The molecule has 1 heterocycles. The van der Waals surface area contributed by atoms with Crippen LogP contribution >= 0.6 is 11.3 Å². The average molecular weight is 227 g/mol. The Morgan fingerprint density at radius 2 is 2.33 bits per heavy atom. The van der Waals surface area contributed by atoms with Crippen LogP contribution in [0, 0.1) is 0 Å². The van der Waals surface area contributed by atoms with Gasteiger partial charge in [0.2, 0.25) is 0 Å². The van der Waals surface area contributed by atoms with Crippen molar-refractivity contribution in [2.24, 2.45) is 0 Å². The highest BCUT2D eigenvalue weighted by Gasteiger charge is 2.06. The summed E-state index contributed by atoms with van der Waals surface area (Å²) in [6, 6.07) is 0. The molecule has 1 amide bonds. The number of hydrogen-bond donors (Lipinski definition) is 1. The smallest absolute Gasteiger partial charge is 0.280 e. The first-order chi connectivity index (χ1) is 7.20. The van der Waals surface area contributed by atoms with Gasteiger partial charge in [-0.1, -0.05) is 0 Å². The van der Waals surface area contributed by atoms with E-state index >= 15 is 0 Å². The minimum atomic E-state index is -0.0603. The number of nitrogens with zero attached hydrogens (tertiary/aromatic N) is 2. The Kier molecular flexibility index (Phi) is 5.28. The van der Waals surface area contributed by atoms with E-state index in [0.29, 0.717) is 5.01 Å². The molecule has 0 saturated heterocycles. The lowest BCUT2D eigenvalue weighted by molar-refractivity contribution is 0.0952. The predicted octanol–water partition coefficient (Wildman–Crippen LogP) is 1.21. The van der Waals surface area contributed by atoms with Crippen LogP contribution < -0.4 is 5.32 Å². The number of thiazole rings is 1. The van der Waals surface area contributed by atoms with Gasteiger partial charge in [0.1, 0.15) is 0 Å². The van der Waals surface area contributed by atoms with E-state index in [0.717, 1.165) is 25.9 Å². The zero-order valence-corrected chi connectivity index (χ0v) is 10.0. The van der Waals surface area contributed by atoms with Gasteiger partial charge in [0.15, 0.2) is 5.01 Å². The van der Waals surface area contributed by atoms with Gasteiger partial charge in [-0.3, -0.25) is 4.79 Å². The van der Waals surface area contributed by atoms with Gasteiger partial charge in [0, 0.05) is 18.1 Å². The maximum atomic E-state index is 11.4. The Balaban J connectivity index is 2.08. The van der Waals surface area contributed by atoms with Gasteiger partial charge in [-0.2, -0.15) is 0 Å². The molecular weight excluding hydrogens is 210 g/mol. The summed E-state index contributed by atoms with van der Waals surface area (Å²) < 4.78 is 0. The van der Waals surface area contributed by atoms with E-state index in [1.165, 1.54) is 11.3 Å². The third-order valence-electron chi connectivity index (χ3n) is 1.94. The average Bonchev–Trinajstić information content (AvgIpc) is 2.69. The maximum Gasteiger partial charge on any atom is 0.280 e. The molecule has 0 radical (unpaired) electrons. The number of hydrogen-bond acceptors (Lipinski definition) is 4. The summed E-state index contributed by atoms with van der Waals surface area (Å²) in [5, 5.41) is 5.20. The summed E-state index contributed by atoms with van der Waals surface area (Å²) in [5.41, 5.74) is 0. The molecule has 0 aliphatic heterocycles. The Labute approximate surface area is 94.3 Å². The molecule has 0 spiro atoms. The van der Waals surface area contributed by atoms with Crippen molar-refractivity contribution in [3.05, 3.63) is 16.6 Å². The number of unbranched alkanes of at least 4 members (excludes halogenated alkanes) is 1. The number of amides is 1. The van der Waals surface area contributed by atoms with E-state index in [1.54, 1.807) is 11.6 Å². The summed E-state index contributed by atoms with van der Waals surface area (Å²) in [4.78, 5) is 17.5. The number of carbonyl (C=O) groups excluding carboxylic acids is 1. The number of rotatable bonds is 6. The van der Waals surface area contributed by atoms with Gasteiger partial charge in [-0.05, 0) is 33.5 Å². The van der Waals surface area contributed by atoms with Gasteiger partial charge in [0.25, 0.3) is 5.91 Å². The zero-order chi connectivity index (χ0) is 11.1. The van der Waals surface area contributed by atoms with Crippen molar-refractivity contribution in [1.82, 2.24) is 15.2 Å². The first kappa shape index (κ1) is 12.1. The van der Waals surface area contributed by atoms with Crippen molar-refractivity contribution in [2.75, 3.05) is 27.2 Å². The quantitative estimate of drug-likeness (QED) is 0.743. The number of aromatic nitrogens is 1. The summed E-state index contributed by atoms with van der Waals surface area (Å²) in [7, 11) is 4.10. The highest BCUT2D eigenvalue weighted by Crippen LogP contribution is 2.02. The summed E-state index contributed by atoms with van der Waals surface area (Å²) >= 11 is 1.37. The van der Waals surface area contributed by atoms with E-state index < -0.39 is 0 Å². The lowest BCUT2D eigenvalue weighted by Crippen LogP contribution is -2.25. The molecule has 1 N–H and O–H groups in total.